The van der Waals surface area contributed by atoms with E-state index < -0.39 is 18.8 Å². The van der Waals surface area contributed by atoms with Crippen molar-refractivity contribution in [2.75, 3.05) is 25.7 Å². The third-order valence-electron chi connectivity index (χ3n) is 8.07. The maximum atomic E-state index is 13.9. The predicted octanol–water partition coefficient (Wildman–Crippen LogP) is 9.87. The molecule has 0 aliphatic rings. The minimum Gasteiger partial charge on any atom is -0.438 e. The van der Waals surface area contributed by atoms with Crippen molar-refractivity contribution in [3.8, 4) is 5.75 Å². The van der Waals surface area contributed by atoms with Crippen molar-refractivity contribution in [1.82, 2.24) is 5.32 Å². The van der Waals surface area contributed by atoms with Crippen LogP contribution in [0, 0.1) is 12.3 Å². The van der Waals surface area contributed by atoms with Crippen LogP contribution in [0.15, 0.2) is 114 Å². The van der Waals surface area contributed by atoms with Crippen LogP contribution in [0.5, 0.6) is 5.75 Å². The first kappa shape index (κ1) is 36.9. The van der Waals surface area contributed by atoms with Crippen molar-refractivity contribution >= 4 is 17.3 Å². The predicted molar refractivity (Wildman–Crippen MR) is 195 cm³/mol. The van der Waals surface area contributed by atoms with Crippen molar-refractivity contribution in [2.24, 2.45) is 15.4 Å². The second-order valence-electron chi connectivity index (χ2n) is 12.0. The number of aliphatic imine (C=N–C) groups is 2. The summed E-state index contributed by atoms with van der Waals surface area (Å²) in [6.45, 7) is 14.3. The molecule has 0 amide bonds. The quantitative estimate of drug-likeness (QED) is 0.0827. The van der Waals surface area contributed by atoms with Crippen LogP contribution in [0.25, 0.3) is 0 Å². The zero-order valence-electron chi connectivity index (χ0n) is 28.6. The fraction of sp³-hybridized carbons (Fsp3) is 0.350. The molecule has 3 rings (SSSR count). The third-order valence-corrected chi connectivity index (χ3v) is 8.07. The van der Waals surface area contributed by atoms with E-state index >= 15 is 0 Å². The van der Waals surface area contributed by atoms with E-state index in [4.69, 9.17) is 4.74 Å². The van der Waals surface area contributed by atoms with Gasteiger partial charge < -0.3 is 15.4 Å². The average molecular weight is 641 g/mol. The van der Waals surface area contributed by atoms with E-state index in [0.29, 0.717) is 35.3 Å². The number of nitrogens with zero attached hydrogens (tertiary/aromatic N) is 2. The topological polar surface area (TPSA) is 58.0 Å². The van der Waals surface area contributed by atoms with E-state index in [0.717, 1.165) is 35.2 Å². The molecule has 0 spiro atoms. The minimum atomic E-state index is -1.34. The number of anilines is 1. The fourth-order valence-electron chi connectivity index (χ4n) is 5.35. The van der Waals surface area contributed by atoms with Gasteiger partial charge in [-0.05, 0) is 79.6 Å². The Morgan fingerprint density at radius 3 is 2.36 bits per heavy atom. The first-order valence-corrected chi connectivity index (χ1v) is 16.4. The summed E-state index contributed by atoms with van der Waals surface area (Å²) in [5, 5.41) is 6.59. The van der Waals surface area contributed by atoms with Gasteiger partial charge in [-0.2, -0.15) is 0 Å². The Morgan fingerprint density at radius 1 is 0.979 bits per heavy atom. The number of aryl methyl sites for hydroxylation is 3. The van der Waals surface area contributed by atoms with Gasteiger partial charge in [-0.25, -0.2) is 13.8 Å². The van der Waals surface area contributed by atoms with Crippen LogP contribution < -0.4 is 15.4 Å². The molecule has 7 heteroatoms. The van der Waals surface area contributed by atoms with Crippen molar-refractivity contribution in [1.29, 1.82) is 0 Å². The first-order chi connectivity index (χ1) is 22.7. The average Bonchev–Trinajstić information content (AvgIpc) is 3.07. The molecule has 5 nitrogen and oxygen atoms in total. The summed E-state index contributed by atoms with van der Waals surface area (Å²) in [5.74, 6) is 1.55. The molecule has 250 valence electrons. The molecule has 3 aromatic carbocycles. The molecule has 0 bridgehead atoms. The number of hydrogen-bond acceptors (Lipinski definition) is 5. The van der Waals surface area contributed by atoms with Crippen molar-refractivity contribution < 1.29 is 13.5 Å². The molecule has 0 unspecified atom stereocenters. The second kappa shape index (κ2) is 18.6. The van der Waals surface area contributed by atoms with Gasteiger partial charge in [-0.1, -0.05) is 82.3 Å². The molecule has 0 atom stereocenters. The highest BCUT2D eigenvalue weighted by Crippen LogP contribution is 2.26. The molecule has 3 aromatic rings. The lowest BCUT2D eigenvalue weighted by atomic mass is 9.87. The Morgan fingerprint density at radius 2 is 1.72 bits per heavy atom. The van der Waals surface area contributed by atoms with Crippen LogP contribution in [0.1, 0.15) is 67.9 Å². The van der Waals surface area contributed by atoms with Gasteiger partial charge in [0.2, 0.25) is 5.90 Å². The second-order valence-corrected chi connectivity index (χ2v) is 12.0. The molecule has 0 radical (unpaired) electrons. The molecule has 0 aromatic heterocycles. The Labute approximate surface area is 280 Å². The van der Waals surface area contributed by atoms with Gasteiger partial charge in [0.1, 0.15) is 19.1 Å². The van der Waals surface area contributed by atoms with Crippen LogP contribution in [-0.4, -0.2) is 32.0 Å². The third kappa shape index (κ3) is 10.8. The molecular formula is C40H50F2N4O. The van der Waals surface area contributed by atoms with E-state index in [1.165, 1.54) is 43.5 Å². The van der Waals surface area contributed by atoms with Gasteiger partial charge in [0.15, 0.2) is 0 Å². The van der Waals surface area contributed by atoms with Gasteiger partial charge >= 0.3 is 0 Å². The molecule has 0 aliphatic carbocycles. The maximum absolute atomic E-state index is 13.9. The number of benzene rings is 3. The summed E-state index contributed by atoms with van der Waals surface area (Å²) >= 11 is 0. The molecule has 0 saturated carbocycles. The number of unbranched alkanes of at least 4 members (excludes halogenated alkanes) is 2. The van der Waals surface area contributed by atoms with Crippen LogP contribution in [0.3, 0.4) is 0 Å². The van der Waals surface area contributed by atoms with Gasteiger partial charge in [0.25, 0.3) is 0 Å². The Hall–Kier alpha value is -4.52. The summed E-state index contributed by atoms with van der Waals surface area (Å²) in [6, 6.07) is 21.8. The molecule has 0 saturated heterocycles. The normalized spacial score (nSPS) is 12.5. The molecule has 2 N–H and O–H groups in total. The van der Waals surface area contributed by atoms with Crippen LogP contribution in [0.2, 0.25) is 0 Å². The van der Waals surface area contributed by atoms with Crippen molar-refractivity contribution in [3.05, 3.63) is 131 Å². The van der Waals surface area contributed by atoms with Crippen molar-refractivity contribution in [2.45, 2.75) is 66.2 Å². The Kier molecular flexibility index (Phi) is 14.6. The zero-order chi connectivity index (χ0) is 34.2. The molecular weight excluding hydrogens is 590 g/mol. The highest BCUT2D eigenvalue weighted by Gasteiger charge is 2.30. The van der Waals surface area contributed by atoms with Crippen LogP contribution >= 0.6 is 0 Å². The lowest BCUT2D eigenvalue weighted by Gasteiger charge is -2.24. The number of halogens is 2. The highest BCUT2D eigenvalue weighted by molar-refractivity contribution is 6.00. The minimum absolute atomic E-state index is 0.327. The number of hydrogen-bond donors (Lipinski definition) is 2. The number of alkyl halides is 2. The Balaban J connectivity index is 1.83. The van der Waals surface area contributed by atoms with Crippen LogP contribution in [0.4, 0.5) is 14.5 Å². The van der Waals surface area contributed by atoms with E-state index in [1.54, 1.807) is 13.1 Å². The highest BCUT2D eigenvalue weighted by atomic mass is 19.1. The van der Waals surface area contributed by atoms with Crippen molar-refractivity contribution in [3.63, 3.8) is 0 Å². The molecule has 0 fully saturated rings. The molecule has 0 aliphatic heterocycles. The molecule has 47 heavy (non-hydrogen) atoms. The maximum Gasteiger partial charge on any atom is 0.226 e. The number of allylic oxidation sites excluding steroid dienone is 2. The fourth-order valence-corrected chi connectivity index (χ4v) is 5.35. The van der Waals surface area contributed by atoms with Gasteiger partial charge in [-0.3, -0.25) is 4.99 Å². The number of rotatable bonds is 18. The zero-order valence-corrected chi connectivity index (χ0v) is 28.6. The van der Waals surface area contributed by atoms with E-state index in [1.807, 2.05) is 54.6 Å². The molecule has 0 heterocycles. The number of nitrogens with one attached hydrogen (secondary N) is 2. The van der Waals surface area contributed by atoms with Gasteiger partial charge in [-0.15, -0.1) is 0 Å². The summed E-state index contributed by atoms with van der Waals surface area (Å²) in [7, 11) is 1.55. The standard InChI is InChI=1S/C40H50F2N4O/c1-8-11-13-19-33-22-29(4)37(24-32(33)9-2)39(44-10-3)47-36-21-16-20-34(25-36)45-30(5)46-35(23-31-17-14-12-15-18-31)26-38(43-7)40(6,27-41)28-42/h10,12,14-18,20-22,24-26,45-46H,3,5,8-9,11,13,19,23,27-28H2,1-2,4,6-7H3/b35-26+,43-38?,44-39?. The Bertz CT molecular complexity index is 1570. The first-order valence-electron chi connectivity index (χ1n) is 16.4. The summed E-state index contributed by atoms with van der Waals surface area (Å²) in [4.78, 5) is 8.73. The largest absolute Gasteiger partial charge is 0.438 e. The summed E-state index contributed by atoms with van der Waals surface area (Å²) < 4.78 is 34.2. The van der Waals surface area contributed by atoms with E-state index in [2.05, 4.69) is 66.7 Å². The van der Waals surface area contributed by atoms with E-state index in [-0.39, 0.29) is 0 Å². The monoisotopic (exact) mass is 640 g/mol. The lowest BCUT2D eigenvalue weighted by Crippen LogP contribution is -2.32. The summed E-state index contributed by atoms with van der Waals surface area (Å²) in [5.41, 5.74) is 6.16. The summed E-state index contributed by atoms with van der Waals surface area (Å²) in [6.07, 6.45) is 9.27. The SMILES string of the molecule is C=CN=C(Oc1cccc(NC(=C)N/C(=C/C(=NC)C(C)(CF)CF)Cc2ccccc2)c1)c1cc(CC)c(CCCCC)cc1C. The van der Waals surface area contributed by atoms with Gasteiger partial charge in [0.05, 0.1) is 11.2 Å². The van der Waals surface area contributed by atoms with Crippen LogP contribution in [-0.2, 0) is 19.3 Å². The van der Waals surface area contributed by atoms with Gasteiger partial charge in [0, 0.05) is 48.4 Å². The lowest BCUT2D eigenvalue weighted by molar-refractivity contribution is 0.252. The van der Waals surface area contributed by atoms with E-state index in [9.17, 15) is 8.78 Å². The number of ether oxygens (including phenoxy) is 1. The smallest absolute Gasteiger partial charge is 0.226 e.